The standard InChI is InChI=1S/C18H22F3N3O2/c1-12-9-22-5-6-24(12)17(26)14-8-16(25)23(11-14)10-13-3-2-4-15(7-13)18(19,20)21/h2-4,7,12,14,22H,5-6,8-11H2,1H3. The topological polar surface area (TPSA) is 52.7 Å². The van der Waals surface area contributed by atoms with Gasteiger partial charge in [-0.05, 0) is 24.6 Å². The molecule has 2 atom stereocenters. The van der Waals surface area contributed by atoms with Crippen molar-refractivity contribution < 1.29 is 22.8 Å². The molecule has 2 amide bonds. The number of hydrogen-bond donors (Lipinski definition) is 1. The number of alkyl halides is 3. The first kappa shape index (κ1) is 18.7. The van der Waals surface area contributed by atoms with E-state index < -0.39 is 17.7 Å². The van der Waals surface area contributed by atoms with Crippen LogP contribution in [0.3, 0.4) is 0 Å². The van der Waals surface area contributed by atoms with Crippen LogP contribution in [0.5, 0.6) is 0 Å². The van der Waals surface area contributed by atoms with Crippen molar-refractivity contribution >= 4 is 11.8 Å². The number of amides is 2. The van der Waals surface area contributed by atoms with Gasteiger partial charge in [-0.3, -0.25) is 9.59 Å². The number of nitrogens with zero attached hydrogens (tertiary/aromatic N) is 2. The molecular weight excluding hydrogens is 347 g/mol. The van der Waals surface area contributed by atoms with Gasteiger partial charge in [0.05, 0.1) is 11.5 Å². The largest absolute Gasteiger partial charge is 0.416 e. The maximum absolute atomic E-state index is 12.8. The summed E-state index contributed by atoms with van der Waals surface area (Å²) in [5, 5.41) is 3.21. The number of carbonyl (C=O) groups excluding carboxylic acids is 2. The molecule has 0 radical (unpaired) electrons. The highest BCUT2D eigenvalue weighted by molar-refractivity contribution is 5.89. The van der Waals surface area contributed by atoms with E-state index in [9.17, 15) is 22.8 Å². The molecule has 2 aliphatic rings. The Morgan fingerprint density at radius 1 is 1.35 bits per heavy atom. The number of likely N-dealkylation sites (tertiary alicyclic amines) is 1. The van der Waals surface area contributed by atoms with Crippen molar-refractivity contribution in [2.75, 3.05) is 26.2 Å². The SMILES string of the molecule is CC1CNCCN1C(=O)C1CC(=O)N(Cc2cccc(C(F)(F)F)c2)C1. The minimum absolute atomic E-state index is 0.0427. The lowest BCUT2D eigenvalue weighted by atomic mass is 10.0. The third-order valence-corrected chi connectivity index (χ3v) is 4.98. The zero-order valence-electron chi connectivity index (χ0n) is 14.6. The number of piperazine rings is 1. The highest BCUT2D eigenvalue weighted by Crippen LogP contribution is 2.30. The van der Waals surface area contributed by atoms with Gasteiger partial charge in [0.25, 0.3) is 0 Å². The van der Waals surface area contributed by atoms with E-state index in [4.69, 9.17) is 0 Å². The Bertz CT molecular complexity index is 693. The number of nitrogens with one attached hydrogen (secondary N) is 1. The summed E-state index contributed by atoms with van der Waals surface area (Å²) in [5.41, 5.74) is -0.319. The van der Waals surface area contributed by atoms with Crippen LogP contribution in [0.15, 0.2) is 24.3 Å². The van der Waals surface area contributed by atoms with Crippen LogP contribution in [0.2, 0.25) is 0 Å². The lowest BCUT2D eigenvalue weighted by Crippen LogP contribution is -2.54. The number of halogens is 3. The zero-order chi connectivity index (χ0) is 18.9. The molecule has 142 valence electrons. The van der Waals surface area contributed by atoms with Crippen LogP contribution >= 0.6 is 0 Å². The molecule has 3 rings (SSSR count). The van der Waals surface area contributed by atoms with E-state index in [1.165, 1.54) is 11.0 Å². The lowest BCUT2D eigenvalue weighted by molar-refractivity contribution is -0.138. The molecule has 0 spiro atoms. The van der Waals surface area contributed by atoms with E-state index in [1.54, 1.807) is 11.0 Å². The van der Waals surface area contributed by atoms with Crippen molar-refractivity contribution in [2.24, 2.45) is 5.92 Å². The fourth-order valence-electron chi connectivity index (χ4n) is 3.56. The van der Waals surface area contributed by atoms with Gasteiger partial charge in [-0.25, -0.2) is 0 Å². The molecule has 2 aliphatic heterocycles. The Hall–Kier alpha value is -2.09. The summed E-state index contributed by atoms with van der Waals surface area (Å²) in [6, 6.07) is 5.04. The summed E-state index contributed by atoms with van der Waals surface area (Å²) in [4.78, 5) is 28.2. The summed E-state index contributed by atoms with van der Waals surface area (Å²) in [6.07, 6.45) is -4.30. The number of benzene rings is 1. The Morgan fingerprint density at radius 2 is 2.12 bits per heavy atom. The Morgan fingerprint density at radius 3 is 2.81 bits per heavy atom. The van der Waals surface area contributed by atoms with Gasteiger partial charge < -0.3 is 15.1 Å². The van der Waals surface area contributed by atoms with Crippen molar-refractivity contribution in [3.05, 3.63) is 35.4 Å². The van der Waals surface area contributed by atoms with Gasteiger partial charge >= 0.3 is 6.18 Å². The molecule has 5 nitrogen and oxygen atoms in total. The Labute approximate surface area is 150 Å². The number of carbonyl (C=O) groups is 2. The van der Waals surface area contributed by atoms with E-state index in [0.29, 0.717) is 12.1 Å². The van der Waals surface area contributed by atoms with Crippen LogP contribution in [0.25, 0.3) is 0 Å². The second kappa shape index (κ2) is 7.26. The molecule has 26 heavy (non-hydrogen) atoms. The summed E-state index contributed by atoms with van der Waals surface area (Å²) < 4.78 is 38.5. The van der Waals surface area contributed by atoms with Gasteiger partial charge in [0.2, 0.25) is 11.8 Å². The quantitative estimate of drug-likeness (QED) is 0.885. The number of rotatable bonds is 3. The molecule has 2 saturated heterocycles. The highest BCUT2D eigenvalue weighted by Gasteiger charge is 2.38. The van der Waals surface area contributed by atoms with Crippen LogP contribution in [0, 0.1) is 5.92 Å². The van der Waals surface area contributed by atoms with Crippen molar-refractivity contribution in [2.45, 2.75) is 32.1 Å². The molecule has 0 aliphatic carbocycles. The van der Waals surface area contributed by atoms with Crippen molar-refractivity contribution in [3.63, 3.8) is 0 Å². The monoisotopic (exact) mass is 369 g/mol. The molecule has 2 fully saturated rings. The summed E-state index contributed by atoms with van der Waals surface area (Å²) in [5.74, 6) is -0.656. The van der Waals surface area contributed by atoms with E-state index >= 15 is 0 Å². The van der Waals surface area contributed by atoms with E-state index in [2.05, 4.69) is 5.32 Å². The van der Waals surface area contributed by atoms with Gasteiger partial charge in [0.15, 0.2) is 0 Å². The summed E-state index contributed by atoms with van der Waals surface area (Å²) in [7, 11) is 0. The molecule has 8 heteroatoms. The van der Waals surface area contributed by atoms with E-state index in [-0.39, 0.29) is 37.4 Å². The first-order chi connectivity index (χ1) is 12.3. The van der Waals surface area contributed by atoms with E-state index in [0.717, 1.165) is 25.2 Å². The molecule has 2 heterocycles. The fraction of sp³-hybridized carbons (Fsp3) is 0.556. The second-order valence-corrected chi connectivity index (χ2v) is 6.96. The first-order valence-electron chi connectivity index (χ1n) is 8.71. The van der Waals surface area contributed by atoms with Crippen LogP contribution in [-0.2, 0) is 22.3 Å². The van der Waals surface area contributed by atoms with Crippen molar-refractivity contribution in [1.82, 2.24) is 15.1 Å². The van der Waals surface area contributed by atoms with Gasteiger partial charge in [0, 0.05) is 45.2 Å². The van der Waals surface area contributed by atoms with Gasteiger partial charge in [-0.2, -0.15) is 13.2 Å². The van der Waals surface area contributed by atoms with Gasteiger partial charge in [0.1, 0.15) is 0 Å². The maximum Gasteiger partial charge on any atom is 0.416 e. The molecule has 0 bridgehead atoms. The van der Waals surface area contributed by atoms with E-state index in [1.807, 2.05) is 6.92 Å². The Kier molecular flexibility index (Phi) is 5.22. The molecule has 1 aromatic carbocycles. The van der Waals surface area contributed by atoms with Crippen LogP contribution in [0.1, 0.15) is 24.5 Å². The average Bonchev–Trinajstić information content (AvgIpc) is 2.95. The molecule has 0 saturated carbocycles. The van der Waals surface area contributed by atoms with Crippen LogP contribution < -0.4 is 5.32 Å². The van der Waals surface area contributed by atoms with Crippen LogP contribution in [0.4, 0.5) is 13.2 Å². The summed E-state index contributed by atoms with van der Waals surface area (Å²) >= 11 is 0. The Balaban J connectivity index is 1.66. The molecule has 0 aromatic heterocycles. The third kappa shape index (κ3) is 4.00. The molecule has 2 unspecified atom stereocenters. The number of hydrogen-bond acceptors (Lipinski definition) is 3. The predicted octanol–water partition coefficient (Wildman–Crippen LogP) is 1.87. The minimum atomic E-state index is -4.41. The fourth-order valence-corrected chi connectivity index (χ4v) is 3.56. The highest BCUT2D eigenvalue weighted by atomic mass is 19.4. The lowest BCUT2D eigenvalue weighted by Gasteiger charge is -2.35. The van der Waals surface area contributed by atoms with Gasteiger partial charge in [-0.15, -0.1) is 0 Å². The average molecular weight is 369 g/mol. The molecule has 1 aromatic rings. The minimum Gasteiger partial charge on any atom is -0.338 e. The maximum atomic E-state index is 12.8. The zero-order valence-corrected chi connectivity index (χ0v) is 14.6. The van der Waals surface area contributed by atoms with Crippen LogP contribution in [-0.4, -0.2) is 53.8 Å². The summed E-state index contributed by atoms with van der Waals surface area (Å²) in [6.45, 7) is 4.36. The third-order valence-electron chi connectivity index (χ3n) is 4.98. The first-order valence-corrected chi connectivity index (χ1v) is 8.71. The van der Waals surface area contributed by atoms with Crippen molar-refractivity contribution in [1.29, 1.82) is 0 Å². The smallest absolute Gasteiger partial charge is 0.338 e. The molecular formula is C18H22F3N3O2. The predicted molar refractivity (Wildman–Crippen MR) is 89.0 cm³/mol. The van der Waals surface area contributed by atoms with Gasteiger partial charge in [-0.1, -0.05) is 12.1 Å². The van der Waals surface area contributed by atoms with Crippen molar-refractivity contribution in [3.8, 4) is 0 Å². The normalized spacial score (nSPS) is 24.2. The second-order valence-electron chi connectivity index (χ2n) is 6.96. The molecule has 1 N–H and O–H groups in total.